The lowest BCUT2D eigenvalue weighted by Crippen LogP contribution is -2.25. The van der Waals surface area contributed by atoms with Crippen LogP contribution >= 0.6 is 0 Å². The van der Waals surface area contributed by atoms with E-state index in [4.69, 9.17) is 0 Å². The lowest BCUT2D eigenvalue weighted by molar-refractivity contribution is 0.0946. The molecule has 6 heteroatoms. The predicted molar refractivity (Wildman–Crippen MR) is 81.7 cm³/mol. The maximum absolute atomic E-state index is 12.3. The van der Waals surface area contributed by atoms with Gasteiger partial charge in [0.15, 0.2) is 5.82 Å². The zero-order chi connectivity index (χ0) is 15.7. The van der Waals surface area contributed by atoms with Crippen molar-refractivity contribution in [1.82, 2.24) is 20.1 Å². The number of carbonyl (C=O) groups excluding carboxylic acids is 1. The van der Waals surface area contributed by atoms with E-state index in [1.165, 1.54) is 0 Å². The smallest absolute Gasteiger partial charge is 0.255 e. The number of fused-ring (bicyclic) bond motifs is 1. The number of nitrogens with zero attached hydrogens (tertiary/aromatic N) is 3. The van der Waals surface area contributed by atoms with Gasteiger partial charge in [-0.3, -0.25) is 4.79 Å². The number of nitrogens with one attached hydrogen (secondary N) is 1. The van der Waals surface area contributed by atoms with Gasteiger partial charge in [-0.2, -0.15) is 0 Å². The normalized spacial score (nSPS) is 13.4. The van der Waals surface area contributed by atoms with E-state index in [1.54, 1.807) is 12.1 Å². The summed E-state index contributed by atoms with van der Waals surface area (Å²) in [5.74, 6) is 1.74. The van der Waals surface area contributed by atoms with Crippen LogP contribution in [0.15, 0.2) is 18.2 Å². The molecule has 22 heavy (non-hydrogen) atoms. The van der Waals surface area contributed by atoms with Gasteiger partial charge in [0.25, 0.3) is 5.91 Å². The Balaban J connectivity index is 1.73. The zero-order valence-corrected chi connectivity index (χ0v) is 12.8. The summed E-state index contributed by atoms with van der Waals surface area (Å²) in [6.45, 7) is 5.32. The summed E-state index contributed by atoms with van der Waals surface area (Å²) >= 11 is 0. The number of aryl methyl sites for hydroxylation is 1. The largest absolute Gasteiger partial charge is 0.507 e. The first-order chi connectivity index (χ1) is 10.6. The third kappa shape index (κ3) is 2.68. The number of hydrogen-bond donors (Lipinski definition) is 2. The molecule has 0 unspecified atom stereocenters. The van der Waals surface area contributed by atoms with Gasteiger partial charge in [0.05, 0.1) is 12.1 Å². The van der Waals surface area contributed by atoms with Gasteiger partial charge in [-0.25, -0.2) is 0 Å². The topological polar surface area (TPSA) is 80.0 Å². The highest BCUT2D eigenvalue weighted by Gasteiger charge is 2.18. The molecule has 6 nitrogen and oxygen atoms in total. The predicted octanol–water partition coefficient (Wildman–Crippen LogP) is 1.98. The Kier molecular flexibility index (Phi) is 3.83. The number of phenolic OH excluding ortho intramolecular Hbond substituents is 1. The van der Waals surface area contributed by atoms with Crippen molar-refractivity contribution < 1.29 is 9.90 Å². The minimum absolute atomic E-state index is 0.00614. The molecule has 3 rings (SSSR count). The first-order valence-electron chi connectivity index (χ1n) is 7.58. The molecule has 0 saturated carbocycles. The van der Waals surface area contributed by atoms with Crippen LogP contribution in [0.3, 0.4) is 0 Å². The van der Waals surface area contributed by atoms with E-state index < -0.39 is 0 Å². The molecule has 0 saturated heterocycles. The van der Waals surface area contributed by atoms with Crippen LogP contribution in [0, 0.1) is 0 Å². The molecule has 1 aromatic carbocycles. The quantitative estimate of drug-likeness (QED) is 0.905. The van der Waals surface area contributed by atoms with E-state index in [0.717, 1.165) is 36.6 Å². The number of hydrogen-bond acceptors (Lipinski definition) is 4. The second kappa shape index (κ2) is 5.79. The van der Waals surface area contributed by atoms with Crippen molar-refractivity contribution in [2.24, 2.45) is 0 Å². The number of benzene rings is 1. The number of aromatic hydroxyl groups is 1. The Morgan fingerprint density at radius 2 is 2.23 bits per heavy atom. The lowest BCUT2D eigenvalue weighted by atomic mass is 10.00. The van der Waals surface area contributed by atoms with Gasteiger partial charge < -0.3 is 15.0 Å². The second-order valence-electron chi connectivity index (χ2n) is 5.90. The fraction of sp³-hybridized carbons (Fsp3) is 0.438. The molecule has 0 bridgehead atoms. The lowest BCUT2D eigenvalue weighted by Gasteiger charge is -2.11. The highest BCUT2D eigenvalue weighted by atomic mass is 16.3. The van der Waals surface area contributed by atoms with E-state index in [0.29, 0.717) is 18.0 Å². The molecule has 2 aromatic rings. The highest BCUT2D eigenvalue weighted by molar-refractivity contribution is 5.96. The van der Waals surface area contributed by atoms with Gasteiger partial charge in [-0.15, -0.1) is 10.2 Å². The van der Waals surface area contributed by atoms with Gasteiger partial charge in [-0.05, 0) is 30.0 Å². The minimum atomic E-state index is -0.296. The van der Waals surface area contributed by atoms with Crippen LogP contribution in [0.25, 0.3) is 0 Å². The van der Waals surface area contributed by atoms with Crippen molar-refractivity contribution in [3.63, 3.8) is 0 Å². The van der Waals surface area contributed by atoms with Gasteiger partial charge in [0.1, 0.15) is 11.6 Å². The second-order valence-corrected chi connectivity index (χ2v) is 5.90. The molecule has 2 heterocycles. The number of rotatable bonds is 4. The van der Waals surface area contributed by atoms with Crippen LogP contribution in [-0.2, 0) is 19.5 Å². The van der Waals surface area contributed by atoms with Crippen molar-refractivity contribution in [2.45, 2.75) is 45.7 Å². The summed E-state index contributed by atoms with van der Waals surface area (Å²) < 4.78 is 2.05. The van der Waals surface area contributed by atoms with Gasteiger partial charge in [0.2, 0.25) is 0 Å². The number of carbonyl (C=O) groups is 1. The molecule has 1 aliphatic rings. The number of amides is 1. The highest BCUT2D eigenvalue weighted by Crippen LogP contribution is 2.23. The summed E-state index contributed by atoms with van der Waals surface area (Å²) in [5, 5.41) is 20.9. The number of aromatic nitrogens is 3. The Labute approximate surface area is 129 Å². The van der Waals surface area contributed by atoms with Crippen LogP contribution < -0.4 is 5.32 Å². The van der Waals surface area contributed by atoms with Crippen molar-refractivity contribution in [1.29, 1.82) is 0 Å². The monoisotopic (exact) mass is 300 g/mol. The van der Waals surface area contributed by atoms with Gasteiger partial charge in [0, 0.05) is 13.0 Å². The summed E-state index contributed by atoms with van der Waals surface area (Å²) in [5.41, 5.74) is 1.32. The molecule has 0 fully saturated rings. The molecule has 2 N–H and O–H groups in total. The first kappa shape index (κ1) is 14.6. The minimum Gasteiger partial charge on any atom is -0.507 e. The first-order valence-corrected chi connectivity index (χ1v) is 7.58. The number of phenols is 1. The summed E-state index contributed by atoms with van der Waals surface area (Å²) in [4.78, 5) is 12.3. The van der Waals surface area contributed by atoms with Crippen LogP contribution in [0.4, 0.5) is 0 Å². The maximum Gasteiger partial charge on any atom is 0.255 e. The van der Waals surface area contributed by atoms with E-state index >= 15 is 0 Å². The standard InChI is InChI=1S/C16H20N4O2/c1-10(2)11-5-6-13(21)12(8-11)16(22)17-9-15-19-18-14-4-3-7-20(14)15/h5-6,8,10,21H,3-4,7,9H2,1-2H3,(H,17,22). The molecule has 0 radical (unpaired) electrons. The summed E-state index contributed by atoms with van der Waals surface area (Å²) in [6.07, 6.45) is 2.02. The van der Waals surface area contributed by atoms with Crippen LogP contribution in [0.1, 0.15) is 53.8 Å². The van der Waals surface area contributed by atoms with Gasteiger partial charge >= 0.3 is 0 Å². The molecule has 0 aliphatic carbocycles. The fourth-order valence-corrected chi connectivity index (χ4v) is 2.69. The molecular formula is C16H20N4O2. The summed E-state index contributed by atoms with van der Waals surface area (Å²) in [7, 11) is 0. The van der Waals surface area contributed by atoms with Crippen LogP contribution in [0.5, 0.6) is 5.75 Å². The Hall–Kier alpha value is -2.37. The van der Waals surface area contributed by atoms with Crippen molar-refractivity contribution in [3.05, 3.63) is 41.0 Å². The molecule has 1 aromatic heterocycles. The van der Waals surface area contributed by atoms with E-state index in [-0.39, 0.29) is 11.7 Å². The molecule has 1 amide bonds. The van der Waals surface area contributed by atoms with E-state index in [2.05, 4.69) is 15.5 Å². The van der Waals surface area contributed by atoms with Crippen molar-refractivity contribution in [3.8, 4) is 5.75 Å². The van der Waals surface area contributed by atoms with Crippen molar-refractivity contribution in [2.75, 3.05) is 0 Å². The molecular weight excluding hydrogens is 280 g/mol. The zero-order valence-electron chi connectivity index (χ0n) is 12.8. The third-order valence-corrected chi connectivity index (χ3v) is 4.03. The SMILES string of the molecule is CC(C)c1ccc(O)c(C(=O)NCc2nnc3n2CCC3)c1. The van der Waals surface area contributed by atoms with Gasteiger partial charge in [-0.1, -0.05) is 19.9 Å². The molecule has 116 valence electrons. The Morgan fingerprint density at radius 3 is 3.00 bits per heavy atom. The average Bonchev–Trinajstić information content (AvgIpc) is 3.08. The molecule has 1 aliphatic heterocycles. The fourth-order valence-electron chi connectivity index (χ4n) is 2.69. The maximum atomic E-state index is 12.3. The van der Waals surface area contributed by atoms with Crippen LogP contribution in [-0.4, -0.2) is 25.8 Å². The molecule has 0 atom stereocenters. The Bertz CT molecular complexity index is 706. The summed E-state index contributed by atoms with van der Waals surface area (Å²) in [6, 6.07) is 5.14. The van der Waals surface area contributed by atoms with Crippen molar-refractivity contribution >= 4 is 5.91 Å². The van der Waals surface area contributed by atoms with E-state index in [9.17, 15) is 9.90 Å². The Morgan fingerprint density at radius 1 is 1.41 bits per heavy atom. The average molecular weight is 300 g/mol. The van der Waals surface area contributed by atoms with E-state index in [1.807, 2.05) is 24.5 Å². The molecule has 0 spiro atoms. The van der Waals surface area contributed by atoms with Crippen LogP contribution in [0.2, 0.25) is 0 Å². The third-order valence-electron chi connectivity index (χ3n) is 4.03.